The first-order valence-corrected chi connectivity index (χ1v) is 8.35. The molecule has 2 aromatic rings. The predicted molar refractivity (Wildman–Crippen MR) is 95.7 cm³/mol. The molecule has 0 aliphatic rings. The van der Waals surface area contributed by atoms with Crippen LogP contribution in [-0.2, 0) is 9.59 Å². The standard InChI is InChI=1S/C18H20N2O3S/c1-13(16-4-3-11-24-16)20(2)18(22)10-7-14-5-8-15(9-6-14)23-12-17(19)21/h3-11,13H,12H2,1-2H3,(H2,19,21)/b10-7+. The van der Waals surface area contributed by atoms with Gasteiger partial charge in [-0.25, -0.2) is 0 Å². The van der Waals surface area contributed by atoms with Gasteiger partial charge in [0, 0.05) is 18.0 Å². The lowest BCUT2D eigenvalue weighted by Gasteiger charge is -2.22. The highest BCUT2D eigenvalue weighted by molar-refractivity contribution is 7.10. The van der Waals surface area contributed by atoms with Gasteiger partial charge in [0.2, 0.25) is 5.91 Å². The molecule has 1 atom stereocenters. The van der Waals surface area contributed by atoms with Crippen molar-refractivity contribution in [2.45, 2.75) is 13.0 Å². The van der Waals surface area contributed by atoms with Crippen molar-refractivity contribution < 1.29 is 14.3 Å². The first-order valence-electron chi connectivity index (χ1n) is 7.47. The van der Waals surface area contributed by atoms with E-state index < -0.39 is 5.91 Å². The van der Waals surface area contributed by atoms with E-state index >= 15 is 0 Å². The zero-order valence-corrected chi connectivity index (χ0v) is 14.5. The summed E-state index contributed by atoms with van der Waals surface area (Å²) in [6.07, 6.45) is 3.29. The molecule has 126 valence electrons. The molecule has 2 amide bonds. The molecule has 0 spiro atoms. The number of rotatable bonds is 7. The summed E-state index contributed by atoms with van der Waals surface area (Å²) in [5.74, 6) is -0.0295. The molecule has 0 saturated heterocycles. The van der Waals surface area contributed by atoms with E-state index in [9.17, 15) is 9.59 Å². The lowest BCUT2D eigenvalue weighted by molar-refractivity contribution is -0.126. The van der Waals surface area contributed by atoms with Gasteiger partial charge < -0.3 is 15.4 Å². The monoisotopic (exact) mass is 344 g/mol. The Balaban J connectivity index is 1.94. The van der Waals surface area contributed by atoms with Crippen LogP contribution in [0.25, 0.3) is 6.08 Å². The quantitative estimate of drug-likeness (QED) is 0.785. The van der Waals surface area contributed by atoms with Crippen LogP contribution in [0.4, 0.5) is 0 Å². The van der Waals surface area contributed by atoms with Crippen molar-refractivity contribution in [2.24, 2.45) is 5.73 Å². The van der Waals surface area contributed by atoms with Gasteiger partial charge >= 0.3 is 0 Å². The van der Waals surface area contributed by atoms with E-state index in [1.807, 2.05) is 36.6 Å². The molecule has 2 N–H and O–H groups in total. The van der Waals surface area contributed by atoms with Crippen LogP contribution in [0.1, 0.15) is 23.4 Å². The molecule has 24 heavy (non-hydrogen) atoms. The van der Waals surface area contributed by atoms with Crippen LogP contribution in [-0.4, -0.2) is 30.4 Å². The topological polar surface area (TPSA) is 72.6 Å². The number of hydrogen-bond acceptors (Lipinski definition) is 4. The first-order chi connectivity index (χ1) is 11.5. The number of carbonyl (C=O) groups excluding carboxylic acids is 2. The summed E-state index contributed by atoms with van der Waals surface area (Å²) in [5, 5.41) is 2.00. The van der Waals surface area contributed by atoms with E-state index in [1.54, 1.807) is 47.6 Å². The SMILES string of the molecule is CC(c1cccs1)N(C)C(=O)/C=C/c1ccc(OCC(N)=O)cc1. The Morgan fingerprint density at radius 2 is 2.00 bits per heavy atom. The number of nitrogens with zero attached hydrogens (tertiary/aromatic N) is 1. The zero-order chi connectivity index (χ0) is 17.5. The lowest BCUT2D eigenvalue weighted by atomic mass is 10.2. The molecule has 2 rings (SSSR count). The second-order valence-electron chi connectivity index (χ2n) is 5.30. The Kier molecular flexibility index (Phi) is 6.14. The maximum Gasteiger partial charge on any atom is 0.255 e. The van der Waals surface area contributed by atoms with Crippen LogP contribution < -0.4 is 10.5 Å². The summed E-state index contributed by atoms with van der Waals surface area (Å²) >= 11 is 1.63. The van der Waals surface area contributed by atoms with E-state index in [-0.39, 0.29) is 18.6 Å². The Morgan fingerprint density at radius 3 is 2.58 bits per heavy atom. The Hall–Kier alpha value is -2.60. The van der Waals surface area contributed by atoms with Crippen molar-refractivity contribution >= 4 is 29.2 Å². The molecule has 5 nitrogen and oxygen atoms in total. The second-order valence-corrected chi connectivity index (χ2v) is 6.28. The fourth-order valence-corrected chi connectivity index (χ4v) is 2.85. The van der Waals surface area contributed by atoms with Crippen molar-refractivity contribution in [2.75, 3.05) is 13.7 Å². The van der Waals surface area contributed by atoms with Gasteiger partial charge in [-0.2, -0.15) is 0 Å². The summed E-state index contributed by atoms with van der Waals surface area (Å²) in [4.78, 5) is 25.8. The van der Waals surface area contributed by atoms with Gasteiger partial charge in [0.05, 0.1) is 6.04 Å². The molecule has 0 aliphatic heterocycles. The van der Waals surface area contributed by atoms with Gasteiger partial charge in [-0.05, 0) is 42.1 Å². The van der Waals surface area contributed by atoms with Crippen LogP contribution >= 0.6 is 11.3 Å². The van der Waals surface area contributed by atoms with E-state index in [4.69, 9.17) is 10.5 Å². The van der Waals surface area contributed by atoms with Crippen molar-refractivity contribution in [3.63, 3.8) is 0 Å². The summed E-state index contributed by atoms with van der Waals surface area (Å²) in [6.45, 7) is 1.85. The van der Waals surface area contributed by atoms with Gasteiger partial charge in [0.1, 0.15) is 5.75 Å². The minimum absolute atomic E-state index is 0.0340. The number of thiophene rings is 1. The number of hydrogen-bond donors (Lipinski definition) is 1. The predicted octanol–water partition coefficient (Wildman–Crippen LogP) is 2.85. The minimum Gasteiger partial charge on any atom is -0.484 e. The lowest BCUT2D eigenvalue weighted by Crippen LogP contribution is -2.27. The summed E-state index contributed by atoms with van der Waals surface area (Å²) in [7, 11) is 1.79. The number of primary amides is 1. The van der Waals surface area contributed by atoms with Crippen molar-refractivity contribution in [3.05, 3.63) is 58.3 Å². The number of ether oxygens (including phenoxy) is 1. The maximum absolute atomic E-state index is 12.3. The average molecular weight is 344 g/mol. The van der Waals surface area contributed by atoms with Crippen molar-refractivity contribution in [1.82, 2.24) is 4.90 Å². The molecular weight excluding hydrogens is 324 g/mol. The van der Waals surface area contributed by atoms with Crippen LogP contribution in [0, 0.1) is 0 Å². The molecule has 1 heterocycles. The molecule has 0 fully saturated rings. The van der Waals surface area contributed by atoms with Crippen molar-refractivity contribution in [3.8, 4) is 5.75 Å². The summed E-state index contributed by atoms with van der Waals surface area (Å²) < 4.78 is 5.19. The molecule has 0 aliphatic carbocycles. The van der Waals surface area contributed by atoms with Gasteiger partial charge in [-0.3, -0.25) is 9.59 Å². The Morgan fingerprint density at radius 1 is 1.29 bits per heavy atom. The molecule has 1 aromatic heterocycles. The second kappa shape index (κ2) is 8.31. The third kappa shape index (κ3) is 4.96. The normalized spacial score (nSPS) is 12.1. The molecule has 0 saturated carbocycles. The number of benzene rings is 1. The number of carbonyl (C=O) groups is 2. The summed E-state index contributed by atoms with van der Waals surface area (Å²) in [6, 6.07) is 11.1. The molecule has 1 aromatic carbocycles. The van der Waals surface area contributed by atoms with E-state index in [2.05, 4.69) is 0 Å². The molecule has 6 heteroatoms. The Labute approximate surface area is 145 Å². The zero-order valence-electron chi connectivity index (χ0n) is 13.6. The maximum atomic E-state index is 12.3. The highest BCUT2D eigenvalue weighted by atomic mass is 32.1. The fraction of sp³-hybridized carbons (Fsp3) is 0.222. The third-order valence-corrected chi connectivity index (χ3v) is 4.61. The van der Waals surface area contributed by atoms with Gasteiger partial charge in [-0.1, -0.05) is 18.2 Å². The highest BCUT2D eigenvalue weighted by Gasteiger charge is 2.15. The molecule has 0 bridgehead atoms. The van der Waals surface area contributed by atoms with Crippen LogP contribution in [0.5, 0.6) is 5.75 Å². The van der Waals surface area contributed by atoms with E-state index in [1.165, 1.54) is 0 Å². The summed E-state index contributed by atoms with van der Waals surface area (Å²) in [5.41, 5.74) is 5.89. The molecular formula is C18H20N2O3S. The number of amides is 2. The van der Waals surface area contributed by atoms with E-state index in [0.717, 1.165) is 10.4 Å². The fourth-order valence-electron chi connectivity index (χ4n) is 2.03. The van der Waals surface area contributed by atoms with Crippen molar-refractivity contribution in [1.29, 1.82) is 0 Å². The van der Waals surface area contributed by atoms with Crippen LogP contribution in [0.15, 0.2) is 47.9 Å². The largest absolute Gasteiger partial charge is 0.484 e. The Bertz CT molecular complexity index is 708. The van der Waals surface area contributed by atoms with Gasteiger partial charge in [0.25, 0.3) is 5.91 Å². The minimum atomic E-state index is -0.521. The van der Waals surface area contributed by atoms with Gasteiger partial charge in [-0.15, -0.1) is 11.3 Å². The van der Waals surface area contributed by atoms with Crippen LogP contribution in [0.2, 0.25) is 0 Å². The third-order valence-electron chi connectivity index (χ3n) is 3.56. The number of nitrogens with two attached hydrogens (primary N) is 1. The number of likely N-dealkylation sites (N-methyl/N-ethyl adjacent to an activating group) is 1. The smallest absolute Gasteiger partial charge is 0.255 e. The van der Waals surface area contributed by atoms with Crippen LogP contribution in [0.3, 0.4) is 0 Å². The van der Waals surface area contributed by atoms with E-state index in [0.29, 0.717) is 5.75 Å². The van der Waals surface area contributed by atoms with Gasteiger partial charge in [0.15, 0.2) is 6.61 Å². The highest BCUT2D eigenvalue weighted by Crippen LogP contribution is 2.23. The first kappa shape index (κ1) is 17.7. The average Bonchev–Trinajstić information content (AvgIpc) is 3.12. The molecule has 1 unspecified atom stereocenters. The molecule has 0 radical (unpaired) electrons.